The number of esters is 2. The minimum atomic E-state index is -6.44. The minimum absolute atomic E-state index is 0.144. The van der Waals surface area contributed by atoms with Crippen molar-refractivity contribution >= 4 is 44.6 Å². The SMILES string of the molecule is O=C(CCCC(=O)OC(CS(=O)(=O)[O-])(C(F)(F)F)C(F)(F)F)OCc1ccccc1I. The van der Waals surface area contributed by atoms with E-state index in [9.17, 15) is 48.9 Å². The number of hydrogen-bond acceptors (Lipinski definition) is 7. The van der Waals surface area contributed by atoms with Crippen molar-refractivity contribution in [2.45, 2.75) is 43.8 Å². The van der Waals surface area contributed by atoms with Crippen LogP contribution in [0.4, 0.5) is 26.3 Å². The lowest BCUT2D eigenvalue weighted by Gasteiger charge is -2.36. The van der Waals surface area contributed by atoms with Gasteiger partial charge in [-0.2, -0.15) is 26.3 Å². The van der Waals surface area contributed by atoms with E-state index in [2.05, 4.69) is 4.74 Å². The summed E-state index contributed by atoms with van der Waals surface area (Å²) in [6, 6.07) is 6.80. The zero-order valence-corrected chi connectivity index (χ0v) is 18.2. The second kappa shape index (κ2) is 10.3. The van der Waals surface area contributed by atoms with E-state index < -0.39 is 65.0 Å². The van der Waals surface area contributed by atoms with Crippen molar-refractivity contribution in [1.29, 1.82) is 0 Å². The molecule has 15 heteroatoms. The lowest BCUT2D eigenvalue weighted by Crippen LogP contribution is -2.63. The number of hydrogen-bond donors (Lipinski definition) is 0. The van der Waals surface area contributed by atoms with Crippen LogP contribution in [0.2, 0.25) is 0 Å². The van der Waals surface area contributed by atoms with Gasteiger partial charge in [-0.25, -0.2) is 8.42 Å². The fourth-order valence-electron chi connectivity index (χ4n) is 2.19. The predicted octanol–water partition coefficient (Wildman–Crippen LogP) is 3.46. The summed E-state index contributed by atoms with van der Waals surface area (Å²) in [4.78, 5) is 23.2. The molecule has 0 saturated heterocycles. The van der Waals surface area contributed by atoms with E-state index in [1.54, 1.807) is 24.3 Å². The highest BCUT2D eigenvalue weighted by atomic mass is 127. The molecule has 0 unspecified atom stereocenters. The molecule has 0 N–H and O–H groups in total. The summed E-state index contributed by atoms with van der Waals surface area (Å²) in [7, 11) is -6.11. The fraction of sp³-hybridized carbons (Fsp3) is 0.500. The van der Waals surface area contributed by atoms with Crippen LogP contribution >= 0.6 is 22.6 Å². The number of benzene rings is 1. The van der Waals surface area contributed by atoms with Crippen molar-refractivity contribution in [2.75, 3.05) is 5.75 Å². The van der Waals surface area contributed by atoms with Gasteiger partial charge < -0.3 is 14.0 Å². The van der Waals surface area contributed by atoms with E-state index >= 15 is 0 Å². The van der Waals surface area contributed by atoms with Crippen LogP contribution < -0.4 is 0 Å². The first-order valence-corrected chi connectivity index (χ1v) is 10.8. The van der Waals surface area contributed by atoms with Gasteiger partial charge in [-0.3, -0.25) is 9.59 Å². The van der Waals surface area contributed by atoms with E-state index in [0.29, 0.717) is 5.56 Å². The topological polar surface area (TPSA) is 110 Å². The quantitative estimate of drug-likeness (QED) is 0.187. The normalized spacial score (nSPS) is 13.0. The van der Waals surface area contributed by atoms with Crippen molar-refractivity contribution in [3.05, 3.63) is 33.4 Å². The predicted molar refractivity (Wildman–Crippen MR) is 98.3 cm³/mol. The van der Waals surface area contributed by atoms with Gasteiger partial charge in [0.05, 0.1) is 15.9 Å². The number of halogens is 7. The van der Waals surface area contributed by atoms with Gasteiger partial charge in [-0.15, -0.1) is 0 Å². The molecule has 0 aliphatic carbocycles. The maximum Gasteiger partial charge on any atom is 0.438 e. The monoisotopic (exact) mass is 591 g/mol. The lowest BCUT2D eigenvalue weighted by molar-refractivity contribution is -0.361. The van der Waals surface area contributed by atoms with Crippen molar-refractivity contribution < 1.29 is 58.4 Å². The molecule has 0 aliphatic rings. The Kier molecular flexibility index (Phi) is 9.14. The van der Waals surface area contributed by atoms with Crippen LogP contribution in [0.1, 0.15) is 24.8 Å². The van der Waals surface area contributed by atoms with Crippen LogP contribution in [-0.2, 0) is 35.8 Å². The summed E-state index contributed by atoms with van der Waals surface area (Å²) in [5.74, 6) is -6.05. The van der Waals surface area contributed by atoms with Gasteiger partial charge >= 0.3 is 29.9 Å². The van der Waals surface area contributed by atoms with E-state index in [0.717, 1.165) is 3.57 Å². The van der Waals surface area contributed by atoms with Crippen LogP contribution in [0.25, 0.3) is 0 Å². The largest absolute Gasteiger partial charge is 0.748 e. The zero-order valence-electron chi connectivity index (χ0n) is 15.3. The molecule has 0 amide bonds. The Balaban J connectivity index is 2.74. The minimum Gasteiger partial charge on any atom is -0.748 e. The highest BCUT2D eigenvalue weighted by molar-refractivity contribution is 14.1. The van der Waals surface area contributed by atoms with Gasteiger partial charge in [0, 0.05) is 22.0 Å². The maximum absolute atomic E-state index is 13.0. The summed E-state index contributed by atoms with van der Waals surface area (Å²) in [5, 5.41) is 0. The molecule has 0 aliphatic heterocycles. The van der Waals surface area contributed by atoms with Gasteiger partial charge in [0.25, 0.3) is 0 Å². The summed E-state index contributed by atoms with van der Waals surface area (Å²) < 4.78 is 119. The standard InChI is InChI=1S/C16H15F6IO7S/c17-15(18,19)14(16(20,21)22,9-31(26,27)28)30-13(25)7-3-6-12(24)29-8-10-4-1-2-5-11(10)23/h1-2,4-5H,3,6-9H2,(H,26,27,28)/p-1. The third kappa shape index (κ3) is 8.10. The molecule has 0 atom stereocenters. The molecule has 176 valence electrons. The highest BCUT2D eigenvalue weighted by Crippen LogP contribution is 2.47. The van der Waals surface area contributed by atoms with E-state index in [1.165, 1.54) is 0 Å². The number of carbonyl (C=O) groups is 2. The van der Waals surface area contributed by atoms with Gasteiger partial charge in [0.2, 0.25) is 0 Å². The molecule has 1 aromatic carbocycles. The first-order valence-electron chi connectivity index (χ1n) is 8.16. The Morgan fingerprint density at radius 1 is 0.968 bits per heavy atom. The van der Waals surface area contributed by atoms with Gasteiger partial charge in [0.1, 0.15) is 6.61 Å². The number of carbonyl (C=O) groups excluding carboxylic acids is 2. The van der Waals surface area contributed by atoms with Crippen molar-refractivity contribution in [3.8, 4) is 0 Å². The second-order valence-electron chi connectivity index (χ2n) is 6.10. The lowest BCUT2D eigenvalue weighted by atomic mass is 10.1. The molecule has 0 heterocycles. The molecule has 0 saturated carbocycles. The molecule has 0 aromatic heterocycles. The van der Waals surface area contributed by atoms with Gasteiger partial charge in [-0.05, 0) is 35.1 Å². The van der Waals surface area contributed by atoms with Gasteiger partial charge in [-0.1, -0.05) is 18.2 Å². The average Bonchev–Trinajstić information content (AvgIpc) is 2.57. The third-order valence-electron chi connectivity index (χ3n) is 3.69. The number of alkyl halides is 6. The van der Waals surface area contributed by atoms with Crippen molar-refractivity contribution in [2.24, 2.45) is 0 Å². The molecule has 0 fully saturated rings. The fourth-order valence-corrected chi connectivity index (χ4v) is 3.61. The smallest absolute Gasteiger partial charge is 0.438 e. The molecule has 31 heavy (non-hydrogen) atoms. The van der Waals surface area contributed by atoms with Crippen LogP contribution in [0.15, 0.2) is 24.3 Å². The zero-order chi connectivity index (χ0) is 24.1. The Bertz CT molecular complexity index is 884. The summed E-state index contributed by atoms with van der Waals surface area (Å²) in [6.45, 7) is -0.144. The van der Waals surface area contributed by atoms with Crippen LogP contribution in [0.3, 0.4) is 0 Å². The Morgan fingerprint density at radius 3 is 1.97 bits per heavy atom. The van der Waals surface area contributed by atoms with Gasteiger partial charge in [0.15, 0.2) is 0 Å². The molecule has 1 aromatic rings. The summed E-state index contributed by atoms with van der Waals surface area (Å²) in [5.41, 5.74) is -4.88. The first-order chi connectivity index (χ1) is 14.0. The molecule has 1 rings (SSSR count). The van der Waals surface area contributed by atoms with E-state index in [4.69, 9.17) is 4.74 Å². The second-order valence-corrected chi connectivity index (χ2v) is 8.67. The number of rotatable bonds is 9. The number of ether oxygens (including phenoxy) is 2. The van der Waals surface area contributed by atoms with Crippen LogP contribution in [0, 0.1) is 3.57 Å². The molecule has 0 radical (unpaired) electrons. The van der Waals surface area contributed by atoms with E-state index in [1.807, 2.05) is 22.6 Å². The van der Waals surface area contributed by atoms with E-state index in [-0.39, 0.29) is 6.61 Å². The summed E-state index contributed by atoms with van der Waals surface area (Å²) in [6.07, 6.45) is -15.1. The molecular weight excluding hydrogens is 577 g/mol. The van der Waals surface area contributed by atoms with Crippen LogP contribution in [-0.4, -0.2) is 48.6 Å². The first kappa shape index (κ1) is 27.4. The maximum atomic E-state index is 13.0. The third-order valence-corrected chi connectivity index (χ3v) is 5.50. The molecule has 0 bridgehead atoms. The van der Waals surface area contributed by atoms with Crippen LogP contribution in [0.5, 0.6) is 0 Å². The Morgan fingerprint density at radius 2 is 1.48 bits per heavy atom. The highest BCUT2D eigenvalue weighted by Gasteiger charge is 2.75. The Labute approximate surface area is 186 Å². The molecular formula is C16H14F6IO7S-. The molecule has 7 nitrogen and oxygen atoms in total. The van der Waals surface area contributed by atoms with Crippen molar-refractivity contribution in [1.82, 2.24) is 0 Å². The average molecular weight is 591 g/mol. The van der Waals surface area contributed by atoms with Crippen molar-refractivity contribution in [3.63, 3.8) is 0 Å². The molecule has 0 spiro atoms. The summed E-state index contributed by atoms with van der Waals surface area (Å²) >= 11 is 1.98. The Hall–Kier alpha value is -1.62.